The van der Waals surface area contributed by atoms with Crippen molar-refractivity contribution in [2.45, 2.75) is 25.5 Å². The molecule has 1 atom stereocenters. The fourth-order valence-corrected chi connectivity index (χ4v) is 1.85. The highest BCUT2D eigenvalue weighted by atomic mass is 32.2. The summed E-state index contributed by atoms with van der Waals surface area (Å²) in [6.07, 6.45) is 1.26. The monoisotopic (exact) mass is 240 g/mol. The van der Waals surface area contributed by atoms with Gasteiger partial charge in [0, 0.05) is 12.7 Å². The van der Waals surface area contributed by atoms with Crippen molar-refractivity contribution in [2.75, 3.05) is 6.26 Å². The Labute approximate surface area is 96.4 Å². The molecule has 0 aromatic heterocycles. The van der Waals surface area contributed by atoms with E-state index in [2.05, 4.69) is 0 Å². The van der Waals surface area contributed by atoms with Crippen LogP contribution in [0.5, 0.6) is 0 Å². The van der Waals surface area contributed by atoms with Crippen molar-refractivity contribution in [3.63, 3.8) is 0 Å². The number of rotatable bonds is 4. The van der Waals surface area contributed by atoms with Gasteiger partial charge in [-0.15, -0.1) is 0 Å². The van der Waals surface area contributed by atoms with E-state index in [0.717, 1.165) is 17.4 Å². The number of hydrogen-bond acceptors (Lipinski definition) is 3. The van der Waals surface area contributed by atoms with Crippen LogP contribution in [0.2, 0.25) is 0 Å². The van der Waals surface area contributed by atoms with Crippen LogP contribution in [0.3, 0.4) is 0 Å². The minimum absolute atomic E-state index is 0.175. The van der Waals surface area contributed by atoms with E-state index in [1.54, 1.807) is 0 Å². The van der Waals surface area contributed by atoms with E-state index in [4.69, 9.17) is 0 Å². The molecule has 0 heterocycles. The van der Waals surface area contributed by atoms with Crippen LogP contribution in [0.4, 0.5) is 0 Å². The summed E-state index contributed by atoms with van der Waals surface area (Å²) in [5.41, 5.74) is 1.97. The molecule has 1 aromatic rings. The fraction of sp³-hybridized carbons (Fsp3) is 0.417. The van der Waals surface area contributed by atoms with E-state index in [0.29, 0.717) is 0 Å². The third-order valence-electron chi connectivity index (χ3n) is 2.59. The fourth-order valence-electron chi connectivity index (χ4n) is 1.29. The van der Waals surface area contributed by atoms with Crippen LogP contribution in [0.15, 0.2) is 24.3 Å². The molecule has 0 spiro atoms. The highest BCUT2D eigenvalue weighted by Crippen LogP contribution is 2.08. The topological polar surface area (TPSA) is 51.2 Å². The number of hydrogen-bond donors (Lipinski definition) is 0. The number of carbonyl (C=O) groups excluding carboxylic acids is 1. The Hall–Kier alpha value is -1.16. The first-order valence-electron chi connectivity index (χ1n) is 5.08. The van der Waals surface area contributed by atoms with Crippen molar-refractivity contribution in [2.24, 2.45) is 0 Å². The van der Waals surface area contributed by atoms with E-state index in [-0.39, 0.29) is 12.2 Å². The van der Waals surface area contributed by atoms with Gasteiger partial charge >= 0.3 is 0 Å². The van der Waals surface area contributed by atoms with E-state index in [1.807, 2.05) is 31.2 Å². The smallest absolute Gasteiger partial charge is 0.157 e. The second kappa shape index (κ2) is 4.78. The summed E-state index contributed by atoms with van der Waals surface area (Å²) in [5, 5.41) is -0.922. The van der Waals surface area contributed by atoms with E-state index in [1.165, 1.54) is 6.92 Å². The van der Waals surface area contributed by atoms with Crippen LogP contribution < -0.4 is 0 Å². The third-order valence-corrected chi connectivity index (χ3v) is 4.14. The summed E-state index contributed by atoms with van der Waals surface area (Å²) >= 11 is 0. The van der Waals surface area contributed by atoms with Crippen molar-refractivity contribution in [3.05, 3.63) is 35.4 Å². The maximum Gasteiger partial charge on any atom is 0.157 e. The van der Waals surface area contributed by atoms with Crippen molar-refractivity contribution in [1.29, 1.82) is 0 Å². The first-order chi connectivity index (χ1) is 7.30. The lowest BCUT2D eigenvalue weighted by Crippen LogP contribution is -2.27. The second-order valence-electron chi connectivity index (χ2n) is 4.10. The minimum Gasteiger partial charge on any atom is -0.298 e. The molecular formula is C12H16O3S. The Morgan fingerprint density at radius 2 is 1.75 bits per heavy atom. The lowest BCUT2D eigenvalue weighted by molar-refractivity contribution is -0.117. The Morgan fingerprint density at radius 1 is 1.25 bits per heavy atom. The van der Waals surface area contributed by atoms with Gasteiger partial charge in [0.1, 0.15) is 5.25 Å². The van der Waals surface area contributed by atoms with Crippen molar-refractivity contribution < 1.29 is 13.2 Å². The summed E-state index contributed by atoms with van der Waals surface area (Å²) in [4.78, 5) is 11.7. The van der Waals surface area contributed by atoms with Gasteiger partial charge in [-0.05, 0) is 19.4 Å². The normalized spacial score (nSPS) is 13.4. The highest BCUT2D eigenvalue weighted by Gasteiger charge is 2.23. The number of Topliss-reactive ketones (excluding diaryl/α,β-unsaturated/α-hetero) is 1. The van der Waals surface area contributed by atoms with Gasteiger partial charge in [-0.3, -0.25) is 4.79 Å². The number of ketones is 1. The zero-order valence-corrected chi connectivity index (χ0v) is 10.5. The predicted octanol–water partition coefficient (Wildman–Crippen LogP) is 1.54. The van der Waals surface area contributed by atoms with Gasteiger partial charge in [0.05, 0.1) is 0 Å². The molecule has 16 heavy (non-hydrogen) atoms. The molecule has 0 bridgehead atoms. The number of aryl methyl sites for hydroxylation is 1. The molecule has 0 aliphatic carbocycles. The van der Waals surface area contributed by atoms with Crippen molar-refractivity contribution in [1.82, 2.24) is 0 Å². The zero-order valence-electron chi connectivity index (χ0n) is 9.73. The SMILES string of the molecule is Cc1ccc(CC(=O)C(C)S(C)(=O)=O)cc1. The minimum atomic E-state index is -3.28. The Morgan fingerprint density at radius 3 is 2.19 bits per heavy atom. The molecule has 1 unspecified atom stereocenters. The molecule has 0 amide bonds. The Kier molecular flexibility index (Phi) is 3.86. The molecule has 0 saturated heterocycles. The lowest BCUT2D eigenvalue weighted by atomic mass is 10.1. The average Bonchev–Trinajstić information content (AvgIpc) is 2.19. The second-order valence-corrected chi connectivity index (χ2v) is 6.47. The van der Waals surface area contributed by atoms with E-state index >= 15 is 0 Å². The van der Waals surface area contributed by atoms with Gasteiger partial charge in [0.15, 0.2) is 15.6 Å². The van der Waals surface area contributed by atoms with E-state index in [9.17, 15) is 13.2 Å². The maximum atomic E-state index is 11.7. The van der Waals surface area contributed by atoms with Crippen LogP contribution in [-0.4, -0.2) is 25.7 Å². The van der Waals surface area contributed by atoms with Crippen molar-refractivity contribution in [3.8, 4) is 0 Å². The molecule has 4 heteroatoms. The summed E-state index contributed by atoms with van der Waals surface area (Å²) in [6.45, 7) is 3.40. The number of carbonyl (C=O) groups is 1. The molecule has 3 nitrogen and oxygen atoms in total. The van der Waals surface area contributed by atoms with Crippen LogP contribution in [0.25, 0.3) is 0 Å². The van der Waals surface area contributed by atoms with Gasteiger partial charge in [0.2, 0.25) is 0 Å². The van der Waals surface area contributed by atoms with Gasteiger partial charge in [-0.1, -0.05) is 29.8 Å². The van der Waals surface area contributed by atoms with E-state index < -0.39 is 15.1 Å². The zero-order chi connectivity index (χ0) is 12.3. The van der Waals surface area contributed by atoms with Crippen LogP contribution in [-0.2, 0) is 21.1 Å². The van der Waals surface area contributed by atoms with Crippen molar-refractivity contribution >= 4 is 15.6 Å². The molecule has 0 N–H and O–H groups in total. The summed E-state index contributed by atoms with van der Waals surface area (Å²) in [6, 6.07) is 7.52. The predicted molar refractivity (Wildman–Crippen MR) is 64.2 cm³/mol. The van der Waals surface area contributed by atoms with Gasteiger partial charge in [0.25, 0.3) is 0 Å². The van der Waals surface area contributed by atoms with Gasteiger partial charge in [-0.25, -0.2) is 8.42 Å². The molecule has 0 aliphatic rings. The standard InChI is InChI=1S/C12H16O3S/c1-9-4-6-11(7-5-9)8-12(13)10(2)16(3,14)15/h4-7,10H,8H2,1-3H3. The summed E-state index contributed by atoms with van der Waals surface area (Å²) in [7, 11) is -3.28. The van der Waals surface area contributed by atoms with Gasteiger partial charge in [-0.2, -0.15) is 0 Å². The molecule has 0 saturated carbocycles. The highest BCUT2D eigenvalue weighted by molar-refractivity contribution is 7.92. The largest absolute Gasteiger partial charge is 0.298 e. The first kappa shape index (κ1) is 12.9. The van der Waals surface area contributed by atoms with Crippen LogP contribution in [0.1, 0.15) is 18.1 Å². The maximum absolute atomic E-state index is 11.7. The lowest BCUT2D eigenvalue weighted by Gasteiger charge is -2.08. The summed E-state index contributed by atoms with van der Waals surface area (Å²) < 4.78 is 22.4. The third kappa shape index (κ3) is 3.45. The molecule has 0 fully saturated rings. The average molecular weight is 240 g/mol. The summed E-state index contributed by atoms with van der Waals surface area (Å²) in [5.74, 6) is -0.258. The molecule has 0 radical (unpaired) electrons. The number of sulfone groups is 1. The van der Waals surface area contributed by atoms with Crippen LogP contribution in [0, 0.1) is 6.92 Å². The van der Waals surface area contributed by atoms with Crippen LogP contribution >= 0.6 is 0 Å². The molecular weight excluding hydrogens is 224 g/mol. The van der Waals surface area contributed by atoms with Gasteiger partial charge < -0.3 is 0 Å². The quantitative estimate of drug-likeness (QED) is 0.802. The Balaban J connectivity index is 2.76. The molecule has 88 valence electrons. The molecule has 1 rings (SSSR count). The first-order valence-corrected chi connectivity index (χ1v) is 7.03. The molecule has 0 aliphatic heterocycles. The Bertz CT molecular complexity index is 471. The molecule has 1 aromatic carbocycles. The number of benzene rings is 1.